The maximum Gasteiger partial charge on any atom is 0.294 e. The zero-order valence-corrected chi connectivity index (χ0v) is 11.5. The number of hydrogen-bond donors (Lipinski definition) is 2. The Kier molecular flexibility index (Phi) is 4.41. The monoisotopic (exact) mass is 289 g/mol. The molecule has 1 amide bonds. The van der Waals surface area contributed by atoms with E-state index in [0.717, 1.165) is 0 Å². The van der Waals surface area contributed by atoms with Crippen LogP contribution in [0.5, 0.6) is 0 Å². The molecule has 1 aromatic heterocycles. The zero-order chi connectivity index (χ0) is 14.5. The molecule has 0 aliphatic rings. The standard InChI is InChI=1S/C14H12ClN3O2/c1-9-7-13(20-18-9)14(19)17-11-4-5-12(15)10(8-11)3-2-6-16/h4-5,7-8H,6,16H2,1H3,(H,17,19). The van der Waals surface area contributed by atoms with Crippen LogP contribution in [0.25, 0.3) is 0 Å². The number of carbonyl (C=O) groups is 1. The lowest BCUT2D eigenvalue weighted by Crippen LogP contribution is -2.11. The number of nitrogens with zero attached hydrogens (tertiary/aromatic N) is 1. The third-order valence-corrected chi connectivity index (χ3v) is 2.73. The number of aromatic nitrogens is 1. The lowest BCUT2D eigenvalue weighted by Gasteiger charge is -2.04. The highest BCUT2D eigenvalue weighted by Gasteiger charge is 2.12. The third kappa shape index (κ3) is 3.38. The van der Waals surface area contributed by atoms with Crippen LogP contribution in [-0.2, 0) is 0 Å². The summed E-state index contributed by atoms with van der Waals surface area (Å²) in [7, 11) is 0. The van der Waals surface area contributed by atoms with Gasteiger partial charge in [-0.1, -0.05) is 28.6 Å². The van der Waals surface area contributed by atoms with Crippen molar-refractivity contribution in [3.63, 3.8) is 0 Å². The largest absolute Gasteiger partial charge is 0.351 e. The van der Waals surface area contributed by atoms with Gasteiger partial charge in [0.1, 0.15) is 0 Å². The van der Waals surface area contributed by atoms with Crippen molar-refractivity contribution in [3.8, 4) is 11.8 Å². The number of nitrogens with one attached hydrogen (secondary N) is 1. The van der Waals surface area contributed by atoms with E-state index >= 15 is 0 Å². The van der Waals surface area contributed by atoms with Crippen molar-refractivity contribution < 1.29 is 9.32 Å². The van der Waals surface area contributed by atoms with E-state index < -0.39 is 0 Å². The van der Waals surface area contributed by atoms with Gasteiger partial charge >= 0.3 is 0 Å². The summed E-state index contributed by atoms with van der Waals surface area (Å²) in [6, 6.07) is 6.56. The van der Waals surface area contributed by atoms with E-state index in [1.54, 1.807) is 31.2 Å². The van der Waals surface area contributed by atoms with Crippen LogP contribution in [0.3, 0.4) is 0 Å². The number of aryl methyl sites for hydroxylation is 1. The van der Waals surface area contributed by atoms with E-state index in [-0.39, 0.29) is 18.2 Å². The average molecular weight is 290 g/mol. The van der Waals surface area contributed by atoms with Gasteiger partial charge in [-0.2, -0.15) is 0 Å². The first-order valence-electron chi connectivity index (χ1n) is 5.83. The Morgan fingerprint density at radius 1 is 1.50 bits per heavy atom. The van der Waals surface area contributed by atoms with Crippen LogP contribution in [0.1, 0.15) is 21.8 Å². The molecule has 20 heavy (non-hydrogen) atoms. The van der Waals surface area contributed by atoms with E-state index in [1.165, 1.54) is 0 Å². The summed E-state index contributed by atoms with van der Waals surface area (Å²) in [4.78, 5) is 11.9. The topological polar surface area (TPSA) is 81.2 Å². The summed E-state index contributed by atoms with van der Waals surface area (Å²) < 4.78 is 4.88. The quantitative estimate of drug-likeness (QED) is 0.831. The van der Waals surface area contributed by atoms with E-state index in [0.29, 0.717) is 22.0 Å². The Morgan fingerprint density at radius 2 is 2.30 bits per heavy atom. The summed E-state index contributed by atoms with van der Waals surface area (Å²) in [5.41, 5.74) is 7.12. The molecule has 102 valence electrons. The van der Waals surface area contributed by atoms with Crippen LogP contribution in [0.15, 0.2) is 28.8 Å². The molecule has 0 spiro atoms. The molecule has 0 aliphatic heterocycles. The molecule has 0 fully saturated rings. The number of anilines is 1. The van der Waals surface area contributed by atoms with Crippen molar-refractivity contribution in [2.75, 3.05) is 11.9 Å². The number of carbonyl (C=O) groups excluding carboxylic acids is 1. The Hall–Kier alpha value is -2.29. The highest BCUT2D eigenvalue weighted by atomic mass is 35.5. The van der Waals surface area contributed by atoms with Crippen molar-refractivity contribution in [3.05, 3.63) is 46.3 Å². The Labute approximate surface area is 121 Å². The van der Waals surface area contributed by atoms with Gasteiger partial charge in [-0.15, -0.1) is 0 Å². The molecule has 2 aromatic rings. The first kappa shape index (κ1) is 14.1. The van der Waals surface area contributed by atoms with Gasteiger partial charge in [0, 0.05) is 17.3 Å². The first-order chi connectivity index (χ1) is 9.60. The Morgan fingerprint density at radius 3 is 2.95 bits per heavy atom. The number of benzene rings is 1. The van der Waals surface area contributed by atoms with Gasteiger partial charge in [-0.25, -0.2) is 0 Å². The second-order valence-corrected chi connectivity index (χ2v) is 4.39. The fourth-order valence-corrected chi connectivity index (χ4v) is 1.67. The zero-order valence-electron chi connectivity index (χ0n) is 10.7. The van der Waals surface area contributed by atoms with Crippen LogP contribution >= 0.6 is 11.6 Å². The van der Waals surface area contributed by atoms with Gasteiger partial charge in [-0.05, 0) is 25.1 Å². The summed E-state index contributed by atoms with van der Waals surface area (Å²) in [5, 5.41) is 6.84. The highest BCUT2D eigenvalue weighted by molar-refractivity contribution is 6.31. The SMILES string of the molecule is Cc1cc(C(=O)Nc2ccc(Cl)c(C#CCN)c2)on1. The number of halogens is 1. The highest BCUT2D eigenvalue weighted by Crippen LogP contribution is 2.20. The first-order valence-corrected chi connectivity index (χ1v) is 6.21. The minimum absolute atomic E-state index is 0.145. The molecular weight excluding hydrogens is 278 g/mol. The molecule has 0 saturated heterocycles. The minimum atomic E-state index is -0.384. The fraction of sp³-hybridized carbons (Fsp3) is 0.143. The molecule has 0 aliphatic carbocycles. The van der Waals surface area contributed by atoms with E-state index in [9.17, 15) is 4.79 Å². The third-order valence-electron chi connectivity index (χ3n) is 2.40. The van der Waals surface area contributed by atoms with Crippen LogP contribution in [0.2, 0.25) is 5.02 Å². The Bertz CT molecular complexity index is 698. The predicted molar refractivity (Wildman–Crippen MR) is 76.6 cm³/mol. The number of amides is 1. The second kappa shape index (κ2) is 6.24. The van der Waals surface area contributed by atoms with Crippen molar-refractivity contribution in [2.45, 2.75) is 6.92 Å². The Balaban J connectivity index is 2.19. The van der Waals surface area contributed by atoms with Gasteiger partial charge in [-0.3, -0.25) is 4.79 Å². The molecule has 2 rings (SSSR count). The van der Waals surface area contributed by atoms with E-state index in [2.05, 4.69) is 22.3 Å². The van der Waals surface area contributed by atoms with Crippen molar-refractivity contribution in [1.82, 2.24) is 5.16 Å². The number of hydrogen-bond acceptors (Lipinski definition) is 4. The predicted octanol–water partition coefficient (Wildman–Crippen LogP) is 2.20. The normalized spacial score (nSPS) is 9.75. The van der Waals surface area contributed by atoms with Crippen LogP contribution in [-0.4, -0.2) is 17.6 Å². The minimum Gasteiger partial charge on any atom is -0.351 e. The molecule has 5 nitrogen and oxygen atoms in total. The van der Waals surface area contributed by atoms with Crippen molar-refractivity contribution in [1.29, 1.82) is 0 Å². The maximum absolute atomic E-state index is 11.9. The summed E-state index contributed by atoms with van der Waals surface area (Å²) >= 11 is 6.00. The molecule has 1 aromatic carbocycles. The number of rotatable bonds is 2. The van der Waals surface area contributed by atoms with Crippen molar-refractivity contribution in [2.24, 2.45) is 5.73 Å². The van der Waals surface area contributed by atoms with Crippen LogP contribution in [0, 0.1) is 18.8 Å². The van der Waals surface area contributed by atoms with Gasteiger partial charge in [0.2, 0.25) is 5.76 Å². The molecule has 6 heteroatoms. The lowest BCUT2D eigenvalue weighted by atomic mass is 10.2. The average Bonchev–Trinajstić information content (AvgIpc) is 2.86. The van der Waals surface area contributed by atoms with Gasteiger partial charge < -0.3 is 15.6 Å². The molecule has 0 bridgehead atoms. The van der Waals surface area contributed by atoms with Gasteiger partial charge in [0.15, 0.2) is 0 Å². The molecular formula is C14H12ClN3O2. The molecule has 0 atom stereocenters. The van der Waals surface area contributed by atoms with Crippen molar-refractivity contribution >= 4 is 23.2 Å². The van der Waals surface area contributed by atoms with Crippen LogP contribution < -0.4 is 11.1 Å². The summed E-state index contributed by atoms with van der Waals surface area (Å²) in [6.07, 6.45) is 0. The van der Waals surface area contributed by atoms with Gasteiger partial charge in [0.25, 0.3) is 5.91 Å². The smallest absolute Gasteiger partial charge is 0.294 e. The van der Waals surface area contributed by atoms with E-state index in [4.69, 9.17) is 21.9 Å². The fourth-order valence-electron chi connectivity index (χ4n) is 1.51. The second-order valence-electron chi connectivity index (χ2n) is 3.99. The van der Waals surface area contributed by atoms with E-state index in [1.807, 2.05) is 0 Å². The molecule has 0 radical (unpaired) electrons. The molecule has 0 unspecified atom stereocenters. The summed E-state index contributed by atoms with van der Waals surface area (Å²) in [6.45, 7) is 1.98. The summed E-state index contributed by atoms with van der Waals surface area (Å²) in [5.74, 6) is 5.31. The maximum atomic E-state index is 11.9. The lowest BCUT2D eigenvalue weighted by molar-refractivity contribution is 0.0988. The van der Waals surface area contributed by atoms with Gasteiger partial charge in [0.05, 0.1) is 17.3 Å². The number of nitrogens with two attached hydrogens (primary N) is 1. The molecule has 1 heterocycles. The van der Waals surface area contributed by atoms with Crippen LogP contribution in [0.4, 0.5) is 5.69 Å². The molecule has 0 saturated carbocycles. The molecule has 3 N–H and O–H groups in total.